The van der Waals surface area contributed by atoms with E-state index in [1.54, 1.807) is 0 Å². The van der Waals surface area contributed by atoms with Crippen LogP contribution in [0.15, 0.2) is 24.3 Å². The zero-order valence-corrected chi connectivity index (χ0v) is 28.1. The maximum atomic E-state index is 12.4. The SMILES string of the molecule is COc1cc(CO[C@@H]2C[C@H](O[P+]([O-])([O-])OC)[C@](CO[P+]([O-])([O-])OC)(OCc3cc(OC)c(OC)cc3[N+](=O)[O-])O2)c([N+](=O)[O-])cc1OC. The molecule has 268 valence electrons. The normalized spacial score (nSPS) is 19.6. The molecule has 3 rings (SSSR count). The summed E-state index contributed by atoms with van der Waals surface area (Å²) in [5.41, 5.74) is -1.13. The van der Waals surface area contributed by atoms with Crippen LogP contribution in [0.2, 0.25) is 0 Å². The zero-order chi connectivity index (χ0) is 35.9. The van der Waals surface area contributed by atoms with Gasteiger partial charge in [0.15, 0.2) is 58.3 Å². The standard InChI is InChI=1S/C25H34N2O19P2/c1-36-19-7-15(17(26(28)29)9-21(19)38-3)12-42-24-11-23(46-48(34,35)41-6)25(45-24,14-44-47(32,33)40-5)43-13-16-8-20(37-2)22(39-4)10-18(16)27(30)31/h7-10,23-24H,11-14H2,1-6H3,(H,32,33)(H,34,35)/p-2/t23-,24-,25+/m0/s1. The number of benzene rings is 2. The molecular weight excluding hydrogens is 694 g/mol. The van der Waals surface area contributed by atoms with Gasteiger partial charge in [-0.1, -0.05) is 0 Å². The third-order valence-corrected chi connectivity index (χ3v) is 8.67. The number of rotatable bonds is 19. The number of phosphoric acid groups is 2. The predicted octanol–water partition coefficient (Wildman–Crippen LogP) is 0.205. The van der Waals surface area contributed by atoms with Gasteiger partial charge in [0.1, 0.15) is 0 Å². The predicted molar refractivity (Wildman–Crippen MR) is 153 cm³/mol. The minimum absolute atomic E-state index is 0.00168. The Hall–Kier alpha value is -3.14. The highest BCUT2D eigenvalue weighted by Gasteiger charge is 2.56. The Morgan fingerprint density at radius 3 is 1.65 bits per heavy atom. The van der Waals surface area contributed by atoms with Crippen molar-refractivity contribution in [1.82, 2.24) is 0 Å². The van der Waals surface area contributed by atoms with E-state index in [1.807, 2.05) is 0 Å². The quantitative estimate of drug-likeness (QED) is 0.106. The smallest absolute Gasteiger partial charge is 0.278 e. The molecule has 1 aliphatic rings. The lowest BCUT2D eigenvalue weighted by molar-refractivity contribution is -0.390. The van der Waals surface area contributed by atoms with Gasteiger partial charge in [-0.05, 0) is 12.1 Å². The summed E-state index contributed by atoms with van der Waals surface area (Å²) in [5.74, 6) is -2.28. The van der Waals surface area contributed by atoms with Crippen molar-refractivity contribution in [2.45, 2.75) is 37.8 Å². The fraction of sp³-hybridized carbons (Fsp3) is 0.520. The van der Waals surface area contributed by atoms with Gasteiger partial charge in [0.2, 0.25) is 5.79 Å². The molecule has 2 aromatic rings. The number of ether oxygens (including phenoxy) is 7. The maximum Gasteiger partial charge on any atom is 0.278 e. The van der Waals surface area contributed by atoms with Gasteiger partial charge in [-0.25, -0.2) is 18.1 Å². The van der Waals surface area contributed by atoms with Crippen molar-refractivity contribution in [3.05, 3.63) is 55.6 Å². The number of hydrogen-bond donors (Lipinski definition) is 0. The van der Waals surface area contributed by atoms with Gasteiger partial charge in [0, 0.05) is 6.42 Å². The summed E-state index contributed by atoms with van der Waals surface area (Å²) < 4.78 is 56.8. The van der Waals surface area contributed by atoms with Crippen molar-refractivity contribution in [3.63, 3.8) is 0 Å². The molecule has 1 aliphatic heterocycles. The second-order valence-corrected chi connectivity index (χ2v) is 12.5. The fourth-order valence-corrected chi connectivity index (χ4v) is 5.50. The van der Waals surface area contributed by atoms with Crippen LogP contribution in [0.4, 0.5) is 11.4 Å². The molecule has 2 aromatic carbocycles. The fourth-order valence-electron chi connectivity index (χ4n) is 4.42. The summed E-state index contributed by atoms with van der Waals surface area (Å²) in [5, 5.41) is 23.7. The minimum Gasteiger partial charge on any atom is -0.635 e. The van der Waals surface area contributed by atoms with Crippen LogP contribution in [0.25, 0.3) is 0 Å². The van der Waals surface area contributed by atoms with Crippen molar-refractivity contribution in [3.8, 4) is 23.0 Å². The molecule has 0 N–H and O–H groups in total. The van der Waals surface area contributed by atoms with Crippen LogP contribution in [0.5, 0.6) is 23.0 Å². The van der Waals surface area contributed by atoms with E-state index < -0.39 is 82.0 Å². The van der Waals surface area contributed by atoms with Crippen molar-refractivity contribution in [1.29, 1.82) is 0 Å². The molecule has 0 amide bonds. The molecule has 0 bridgehead atoms. The second kappa shape index (κ2) is 16.5. The highest BCUT2D eigenvalue weighted by atomic mass is 31.2. The van der Waals surface area contributed by atoms with Crippen LogP contribution in [0, 0.1) is 20.2 Å². The Morgan fingerprint density at radius 2 is 1.21 bits per heavy atom. The lowest BCUT2D eigenvalue weighted by Crippen LogP contribution is -2.50. The molecule has 48 heavy (non-hydrogen) atoms. The highest BCUT2D eigenvalue weighted by molar-refractivity contribution is 7.51. The highest BCUT2D eigenvalue weighted by Crippen LogP contribution is 2.51. The average molecular weight is 726 g/mol. The summed E-state index contributed by atoms with van der Waals surface area (Å²) in [4.78, 5) is 71.4. The van der Waals surface area contributed by atoms with Crippen LogP contribution in [-0.2, 0) is 45.5 Å². The molecule has 0 aromatic heterocycles. The number of nitrogens with zero attached hydrogens (tertiary/aromatic N) is 2. The first-order valence-corrected chi connectivity index (χ1v) is 16.3. The van der Waals surface area contributed by atoms with Crippen molar-refractivity contribution in [2.75, 3.05) is 49.3 Å². The Bertz CT molecular complexity index is 1450. The topological polar surface area (TPSA) is 280 Å². The van der Waals surface area contributed by atoms with Gasteiger partial charge >= 0.3 is 0 Å². The molecule has 3 atom stereocenters. The summed E-state index contributed by atoms with van der Waals surface area (Å²) in [7, 11) is -3.49. The molecule has 0 unspecified atom stereocenters. The third kappa shape index (κ3) is 9.51. The molecule has 21 nitrogen and oxygen atoms in total. The Balaban J connectivity index is 2.04. The van der Waals surface area contributed by atoms with E-state index >= 15 is 0 Å². The van der Waals surface area contributed by atoms with Gasteiger partial charge < -0.3 is 52.7 Å². The molecule has 0 radical (unpaired) electrons. The molecule has 1 saturated heterocycles. The second-order valence-electron chi connectivity index (χ2n) is 9.51. The van der Waals surface area contributed by atoms with Gasteiger partial charge in [-0.3, -0.25) is 20.2 Å². The first-order valence-electron chi connectivity index (χ1n) is 13.4. The van der Waals surface area contributed by atoms with Gasteiger partial charge in [0.05, 0.1) is 89.0 Å². The van der Waals surface area contributed by atoms with E-state index in [2.05, 4.69) is 9.05 Å². The number of hydrogen-bond acceptors (Lipinski definition) is 19. The molecule has 23 heteroatoms. The van der Waals surface area contributed by atoms with Crippen LogP contribution < -0.4 is 38.5 Å². The third-order valence-electron chi connectivity index (χ3n) is 6.82. The zero-order valence-electron chi connectivity index (χ0n) is 26.3. The van der Waals surface area contributed by atoms with E-state index in [0.717, 1.165) is 26.4 Å². The Labute approximate surface area is 274 Å². The molecule has 0 spiro atoms. The molecule has 0 saturated carbocycles. The summed E-state index contributed by atoms with van der Waals surface area (Å²) in [6.45, 7) is -2.42. The minimum atomic E-state index is -5.13. The molecule has 0 aliphatic carbocycles. The number of nitro groups is 2. The Kier molecular flexibility index (Phi) is 13.5. The largest absolute Gasteiger partial charge is 0.635 e. The monoisotopic (exact) mass is 726 g/mol. The first kappa shape index (κ1) is 39.3. The summed E-state index contributed by atoms with van der Waals surface area (Å²) in [6, 6.07) is 4.60. The summed E-state index contributed by atoms with van der Waals surface area (Å²) in [6.07, 6.45) is -3.83. The number of nitro benzene ring substituents is 2. The average Bonchev–Trinajstić information content (AvgIpc) is 3.40. The summed E-state index contributed by atoms with van der Waals surface area (Å²) >= 11 is 0. The molecular formula is C25H32N2O19P2-2. The van der Waals surface area contributed by atoms with E-state index in [-0.39, 0.29) is 34.1 Å². The van der Waals surface area contributed by atoms with Crippen LogP contribution in [-0.4, -0.2) is 77.3 Å². The maximum absolute atomic E-state index is 12.4. The van der Waals surface area contributed by atoms with Crippen LogP contribution in [0.1, 0.15) is 17.5 Å². The van der Waals surface area contributed by atoms with Crippen molar-refractivity contribution >= 4 is 27.7 Å². The Morgan fingerprint density at radius 1 is 0.750 bits per heavy atom. The van der Waals surface area contributed by atoms with Crippen molar-refractivity contribution < 1.29 is 80.7 Å². The van der Waals surface area contributed by atoms with E-state index in [0.29, 0.717) is 0 Å². The van der Waals surface area contributed by atoms with Gasteiger partial charge in [-0.2, -0.15) is 0 Å². The van der Waals surface area contributed by atoms with Gasteiger partial charge in [-0.15, -0.1) is 0 Å². The van der Waals surface area contributed by atoms with E-state index in [9.17, 15) is 39.8 Å². The number of phosphoric ester groups is 2. The van der Waals surface area contributed by atoms with Crippen LogP contribution >= 0.6 is 16.3 Å². The van der Waals surface area contributed by atoms with E-state index in [4.69, 9.17) is 42.2 Å². The van der Waals surface area contributed by atoms with Crippen LogP contribution in [0.3, 0.4) is 0 Å². The van der Waals surface area contributed by atoms with E-state index in [1.165, 1.54) is 40.6 Å². The first-order chi connectivity index (χ1) is 22.6. The molecule has 1 fully saturated rings. The van der Waals surface area contributed by atoms with Gasteiger partial charge in [0.25, 0.3) is 11.4 Å². The lowest BCUT2D eigenvalue weighted by atomic mass is 10.1. The number of methoxy groups -OCH3 is 4. The van der Waals surface area contributed by atoms with Crippen molar-refractivity contribution in [2.24, 2.45) is 0 Å². The lowest BCUT2D eigenvalue weighted by Gasteiger charge is -2.39. The molecule has 1 heterocycles.